The van der Waals surface area contributed by atoms with E-state index in [0.29, 0.717) is 15.4 Å². The van der Waals surface area contributed by atoms with Crippen molar-refractivity contribution in [2.24, 2.45) is 0 Å². The summed E-state index contributed by atoms with van der Waals surface area (Å²) in [6.45, 7) is 0. The van der Waals surface area contributed by atoms with E-state index in [1.807, 2.05) is 6.07 Å². The Hall–Kier alpha value is -1.22. The molecule has 0 saturated heterocycles. The maximum Gasteiger partial charge on any atom is 0.151 e. The highest BCUT2D eigenvalue weighted by Crippen LogP contribution is 2.25. The Bertz CT molecular complexity index is 503. The van der Waals surface area contributed by atoms with E-state index < -0.39 is 0 Å². The van der Waals surface area contributed by atoms with Crippen LogP contribution in [0.5, 0.6) is 0 Å². The standard InChI is InChI=1S/C11H6BrFO/c12-11-4-2-7-1-3-8(13)5-9(7)10(11)6-14/h1-6H. The number of carbonyl (C=O) groups excluding carboxylic acids is 1. The van der Waals surface area contributed by atoms with Crippen LogP contribution in [0.4, 0.5) is 4.39 Å². The highest BCUT2D eigenvalue weighted by Gasteiger charge is 2.05. The topological polar surface area (TPSA) is 17.1 Å². The number of hydrogen-bond donors (Lipinski definition) is 0. The smallest absolute Gasteiger partial charge is 0.151 e. The molecule has 1 nitrogen and oxygen atoms in total. The van der Waals surface area contributed by atoms with Gasteiger partial charge in [0.2, 0.25) is 0 Å². The lowest BCUT2D eigenvalue weighted by atomic mass is 10.1. The molecule has 2 aromatic carbocycles. The van der Waals surface area contributed by atoms with Gasteiger partial charge in [0.15, 0.2) is 6.29 Å². The first-order valence-electron chi connectivity index (χ1n) is 4.05. The van der Waals surface area contributed by atoms with Crippen molar-refractivity contribution in [2.45, 2.75) is 0 Å². The molecular weight excluding hydrogens is 247 g/mol. The van der Waals surface area contributed by atoms with Gasteiger partial charge in [-0.15, -0.1) is 0 Å². The van der Waals surface area contributed by atoms with Gasteiger partial charge >= 0.3 is 0 Å². The number of rotatable bonds is 1. The van der Waals surface area contributed by atoms with Gasteiger partial charge in [0, 0.05) is 10.0 Å². The van der Waals surface area contributed by atoms with E-state index >= 15 is 0 Å². The molecule has 0 radical (unpaired) electrons. The predicted octanol–water partition coefficient (Wildman–Crippen LogP) is 3.55. The van der Waals surface area contributed by atoms with Crippen LogP contribution in [-0.2, 0) is 0 Å². The molecular formula is C11H6BrFO. The normalized spacial score (nSPS) is 10.4. The lowest BCUT2D eigenvalue weighted by molar-refractivity contribution is 0.112. The Morgan fingerprint density at radius 1 is 1.21 bits per heavy atom. The Kier molecular flexibility index (Phi) is 2.33. The lowest BCUT2D eigenvalue weighted by Gasteiger charge is -2.02. The van der Waals surface area contributed by atoms with Crippen LogP contribution in [0.2, 0.25) is 0 Å². The molecule has 0 fully saturated rings. The van der Waals surface area contributed by atoms with Crippen molar-refractivity contribution in [1.82, 2.24) is 0 Å². The van der Waals surface area contributed by atoms with Crippen LogP contribution < -0.4 is 0 Å². The van der Waals surface area contributed by atoms with Gasteiger partial charge in [0.05, 0.1) is 0 Å². The first kappa shape index (κ1) is 9.34. The molecule has 14 heavy (non-hydrogen) atoms. The second-order valence-electron chi connectivity index (χ2n) is 2.94. The second kappa shape index (κ2) is 3.50. The second-order valence-corrected chi connectivity index (χ2v) is 3.80. The minimum atomic E-state index is -0.335. The summed E-state index contributed by atoms with van der Waals surface area (Å²) in [5.41, 5.74) is 0.488. The molecule has 0 aliphatic carbocycles. The summed E-state index contributed by atoms with van der Waals surface area (Å²) >= 11 is 3.25. The van der Waals surface area contributed by atoms with Gasteiger partial charge in [-0.3, -0.25) is 4.79 Å². The maximum absolute atomic E-state index is 13.0. The first-order valence-corrected chi connectivity index (χ1v) is 4.84. The fraction of sp³-hybridized carbons (Fsp3) is 0. The van der Waals surface area contributed by atoms with Gasteiger partial charge in [0.1, 0.15) is 5.82 Å². The number of hydrogen-bond acceptors (Lipinski definition) is 1. The minimum Gasteiger partial charge on any atom is -0.298 e. The molecule has 0 atom stereocenters. The Balaban J connectivity index is 2.91. The molecule has 0 saturated carbocycles. The summed E-state index contributed by atoms with van der Waals surface area (Å²) in [6.07, 6.45) is 0.728. The van der Waals surface area contributed by atoms with Gasteiger partial charge in [-0.1, -0.05) is 28.1 Å². The molecule has 3 heteroatoms. The molecule has 2 aromatic rings. The number of aldehydes is 1. The predicted molar refractivity (Wildman–Crippen MR) is 57.0 cm³/mol. The van der Waals surface area contributed by atoms with Gasteiger partial charge < -0.3 is 0 Å². The number of halogens is 2. The summed E-state index contributed by atoms with van der Waals surface area (Å²) in [5, 5.41) is 1.49. The van der Waals surface area contributed by atoms with E-state index in [-0.39, 0.29) is 5.82 Å². The van der Waals surface area contributed by atoms with Crippen molar-refractivity contribution in [3.05, 3.63) is 46.2 Å². The third kappa shape index (κ3) is 1.44. The molecule has 0 unspecified atom stereocenters. The minimum absolute atomic E-state index is 0.335. The summed E-state index contributed by atoms with van der Waals surface area (Å²) in [5.74, 6) is -0.335. The van der Waals surface area contributed by atoms with Crippen LogP contribution in [0.15, 0.2) is 34.8 Å². The average molecular weight is 253 g/mol. The number of fused-ring (bicyclic) bond motifs is 1. The Labute approximate surface area is 88.7 Å². The summed E-state index contributed by atoms with van der Waals surface area (Å²) in [4.78, 5) is 10.8. The van der Waals surface area contributed by atoms with Crippen molar-refractivity contribution in [3.63, 3.8) is 0 Å². The van der Waals surface area contributed by atoms with E-state index in [1.165, 1.54) is 12.1 Å². The molecule has 2 rings (SSSR count). The van der Waals surface area contributed by atoms with Crippen LogP contribution in [0.25, 0.3) is 10.8 Å². The van der Waals surface area contributed by atoms with E-state index in [4.69, 9.17) is 0 Å². The molecule has 0 bridgehead atoms. The molecule has 0 N–H and O–H groups in total. The van der Waals surface area contributed by atoms with E-state index in [9.17, 15) is 9.18 Å². The first-order chi connectivity index (χ1) is 6.72. The molecule has 0 spiro atoms. The monoisotopic (exact) mass is 252 g/mol. The number of benzene rings is 2. The van der Waals surface area contributed by atoms with Gasteiger partial charge in [-0.05, 0) is 29.0 Å². The van der Waals surface area contributed by atoms with E-state index in [0.717, 1.165) is 11.7 Å². The molecule has 0 heterocycles. The zero-order valence-corrected chi connectivity index (χ0v) is 8.71. The summed E-state index contributed by atoms with van der Waals surface area (Å²) < 4.78 is 13.6. The molecule has 0 amide bonds. The van der Waals surface area contributed by atoms with Crippen LogP contribution >= 0.6 is 15.9 Å². The van der Waals surface area contributed by atoms with Crippen molar-refractivity contribution >= 4 is 33.0 Å². The van der Waals surface area contributed by atoms with Gasteiger partial charge in [-0.2, -0.15) is 0 Å². The summed E-state index contributed by atoms with van der Waals surface area (Å²) in [7, 11) is 0. The molecule has 70 valence electrons. The zero-order chi connectivity index (χ0) is 10.1. The maximum atomic E-state index is 13.0. The van der Waals surface area contributed by atoms with Crippen LogP contribution in [0, 0.1) is 5.82 Å². The van der Waals surface area contributed by atoms with Gasteiger partial charge in [-0.25, -0.2) is 4.39 Å². The van der Waals surface area contributed by atoms with Crippen LogP contribution in [0.3, 0.4) is 0 Å². The molecule has 0 aromatic heterocycles. The zero-order valence-electron chi connectivity index (χ0n) is 7.13. The van der Waals surface area contributed by atoms with Crippen LogP contribution in [0.1, 0.15) is 10.4 Å². The third-order valence-electron chi connectivity index (χ3n) is 2.09. The van der Waals surface area contributed by atoms with Crippen molar-refractivity contribution in [2.75, 3.05) is 0 Å². The van der Waals surface area contributed by atoms with Crippen LogP contribution in [-0.4, -0.2) is 6.29 Å². The van der Waals surface area contributed by atoms with Crippen molar-refractivity contribution in [1.29, 1.82) is 0 Å². The highest BCUT2D eigenvalue weighted by molar-refractivity contribution is 9.10. The number of carbonyl (C=O) groups is 1. The van der Waals surface area contributed by atoms with E-state index in [2.05, 4.69) is 15.9 Å². The summed E-state index contributed by atoms with van der Waals surface area (Å²) in [6, 6.07) is 8.02. The van der Waals surface area contributed by atoms with Crippen molar-refractivity contribution in [3.8, 4) is 0 Å². The molecule has 0 aliphatic heterocycles. The Morgan fingerprint density at radius 2 is 1.93 bits per heavy atom. The highest BCUT2D eigenvalue weighted by atomic mass is 79.9. The fourth-order valence-electron chi connectivity index (χ4n) is 1.41. The quantitative estimate of drug-likeness (QED) is 0.710. The fourth-order valence-corrected chi connectivity index (χ4v) is 1.85. The van der Waals surface area contributed by atoms with Gasteiger partial charge in [0.25, 0.3) is 0 Å². The third-order valence-corrected chi connectivity index (χ3v) is 2.78. The molecule has 0 aliphatic rings. The van der Waals surface area contributed by atoms with E-state index in [1.54, 1.807) is 12.1 Å². The van der Waals surface area contributed by atoms with Crippen molar-refractivity contribution < 1.29 is 9.18 Å². The SMILES string of the molecule is O=Cc1c(Br)ccc2ccc(F)cc12. The lowest BCUT2D eigenvalue weighted by Crippen LogP contribution is -1.86. The average Bonchev–Trinajstić information content (AvgIpc) is 2.17. The Morgan fingerprint density at radius 3 is 2.64 bits per heavy atom. The largest absolute Gasteiger partial charge is 0.298 e.